The van der Waals surface area contributed by atoms with Crippen molar-refractivity contribution < 1.29 is 14.6 Å². The first-order chi connectivity index (χ1) is 5.72. The highest BCUT2D eigenvalue weighted by Crippen LogP contribution is 2.20. The van der Waals surface area contributed by atoms with E-state index in [0.717, 1.165) is 25.7 Å². The van der Waals surface area contributed by atoms with Gasteiger partial charge in [-0.2, -0.15) is 12.6 Å². The molecule has 1 N–H and O–H groups in total. The first-order valence-electron chi connectivity index (χ1n) is 4.20. The van der Waals surface area contributed by atoms with Gasteiger partial charge < -0.3 is 9.84 Å². The van der Waals surface area contributed by atoms with Gasteiger partial charge in [0.25, 0.3) is 0 Å². The molecule has 70 valence electrons. The number of hydrogen-bond donors (Lipinski definition) is 2. The molecule has 0 amide bonds. The lowest BCUT2D eigenvalue weighted by molar-refractivity contribution is -0.148. The molecular formula is C8H14O3S. The van der Waals surface area contributed by atoms with Crippen molar-refractivity contribution in [1.29, 1.82) is 0 Å². The second kappa shape index (κ2) is 4.72. The molecule has 0 bridgehead atoms. The minimum absolute atomic E-state index is 0.00745. The number of thiol groups is 1. The van der Waals surface area contributed by atoms with E-state index in [1.165, 1.54) is 0 Å². The molecule has 0 aromatic heterocycles. The Morgan fingerprint density at radius 1 is 1.42 bits per heavy atom. The number of aliphatic hydroxyl groups excluding tert-OH is 1. The molecule has 0 aromatic rings. The van der Waals surface area contributed by atoms with Gasteiger partial charge in [0, 0.05) is 0 Å². The molecular weight excluding hydrogens is 176 g/mol. The lowest BCUT2D eigenvalue weighted by atomic mass is 9.95. The third-order valence-electron chi connectivity index (χ3n) is 2.07. The maximum atomic E-state index is 10.8. The van der Waals surface area contributed by atoms with Gasteiger partial charge in [-0.1, -0.05) is 0 Å². The zero-order valence-electron chi connectivity index (χ0n) is 6.90. The maximum Gasteiger partial charge on any atom is 0.315 e. The summed E-state index contributed by atoms with van der Waals surface area (Å²) >= 11 is 3.81. The van der Waals surface area contributed by atoms with Crippen LogP contribution in [-0.4, -0.2) is 29.0 Å². The first-order valence-corrected chi connectivity index (χ1v) is 4.84. The molecule has 0 heterocycles. The Labute approximate surface area is 77.5 Å². The van der Waals surface area contributed by atoms with Crippen molar-refractivity contribution in [2.24, 2.45) is 0 Å². The van der Waals surface area contributed by atoms with Crippen molar-refractivity contribution in [3.63, 3.8) is 0 Å². The Morgan fingerprint density at radius 3 is 2.50 bits per heavy atom. The fraction of sp³-hybridized carbons (Fsp3) is 0.875. The third-order valence-corrected chi connectivity index (χ3v) is 2.33. The summed E-state index contributed by atoms with van der Waals surface area (Å²) in [4.78, 5) is 10.8. The van der Waals surface area contributed by atoms with Crippen LogP contribution in [0.15, 0.2) is 0 Å². The molecule has 0 spiro atoms. The summed E-state index contributed by atoms with van der Waals surface area (Å²) in [6.45, 7) is 0. The maximum absolute atomic E-state index is 10.8. The molecule has 1 rings (SSSR count). The van der Waals surface area contributed by atoms with E-state index in [2.05, 4.69) is 12.6 Å². The first kappa shape index (κ1) is 9.86. The van der Waals surface area contributed by atoms with Crippen LogP contribution in [0, 0.1) is 0 Å². The predicted molar refractivity (Wildman–Crippen MR) is 48.2 cm³/mol. The van der Waals surface area contributed by atoms with E-state index >= 15 is 0 Å². The van der Waals surface area contributed by atoms with Crippen LogP contribution in [0.5, 0.6) is 0 Å². The van der Waals surface area contributed by atoms with Gasteiger partial charge in [0.15, 0.2) is 0 Å². The molecule has 4 heteroatoms. The summed E-state index contributed by atoms with van der Waals surface area (Å²) < 4.78 is 5.06. The Bertz CT molecular complexity index is 152. The van der Waals surface area contributed by atoms with Gasteiger partial charge >= 0.3 is 5.97 Å². The number of rotatable bonds is 2. The molecule has 1 aliphatic rings. The van der Waals surface area contributed by atoms with E-state index in [0.29, 0.717) is 0 Å². The van der Waals surface area contributed by atoms with Crippen LogP contribution in [0.2, 0.25) is 0 Å². The van der Waals surface area contributed by atoms with Crippen LogP contribution in [-0.2, 0) is 9.53 Å². The van der Waals surface area contributed by atoms with Crippen molar-refractivity contribution in [1.82, 2.24) is 0 Å². The van der Waals surface area contributed by atoms with Gasteiger partial charge in [0.05, 0.1) is 11.9 Å². The summed E-state index contributed by atoms with van der Waals surface area (Å²) in [5.74, 6) is -0.126. The van der Waals surface area contributed by atoms with Crippen LogP contribution in [0.1, 0.15) is 25.7 Å². The van der Waals surface area contributed by atoms with Gasteiger partial charge in [-0.25, -0.2) is 0 Å². The molecule has 0 radical (unpaired) electrons. The molecule has 1 saturated carbocycles. The van der Waals surface area contributed by atoms with Crippen molar-refractivity contribution in [2.75, 3.05) is 5.75 Å². The Hall–Kier alpha value is -0.220. The predicted octanol–water partition coefficient (Wildman–Crippen LogP) is 0.763. The van der Waals surface area contributed by atoms with Crippen LogP contribution in [0.3, 0.4) is 0 Å². The lowest BCUT2D eigenvalue weighted by Crippen LogP contribution is -2.26. The topological polar surface area (TPSA) is 46.5 Å². The highest BCUT2D eigenvalue weighted by Gasteiger charge is 2.21. The fourth-order valence-electron chi connectivity index (χ4n) is 1.39. The zero-order chi connectivity index (χ0) is 8.97. The van der Waals surface area contributed by atoms with E-state index in [-0.39, 0.29) is 23.9 Å². The van der Waals surface area contributed by atoms with E-state index < -0.39 is 0 Å². The second-order valence-electron chi connectivity index (χ2n) is 3.08. The average Bonchev–Trinajstić information content (AvgIpc) is 2.09. The summed E-state index contributed by atoms with van der Waals surface area (Å²) in [6.07, 6.45) is 2.85. The number of esters is 1. The van der Waals surface area contributed by atoms with Gasteiger partial charge in [-0.15, -0.1) is 0 Å². The van der Waals surface area contributed by atoms with Crippen molar-refractivity contribution in [3.8, 4) is 0 Å². The highest BCUT2D eigenvalue weighted by molar-refractivity contribution is 7.81. The van der Waals surface area contributed by atoms with E-state index in [1.807, 2.05) is 0 Å². The molecule has 1 aliphatic carbocycles. The number of aliphatic hydroxyl groups is 1. The number of ether oxygens (including phenoxy) is 1. The largest absolute Gasteiger partial charge is 0.462 e. The SMILES string of the molecule is O=C(CS)OC1CCC(O)CC1. The van der Waals surface area contributed by atoms with E-state index in [1.54, 1.807) is 0 Å². The number of hydrogen-bond acceptors (Lipinski definition) is 4. The van der Waals surface area contributed by atoms with Crippen LogP contribution in [0.25, 0.3) is 0 Å². The van der Waals surface area contributed by atoms with E-state index in [9.17, 15) is 4.79 Å². The Balaban J connectivity index is 2.21. The van der Waals surface area contributed by atoms with Crippen molar-refractivity contribution >= 4 is 18.6 Å². The molecule has 1 fully saturated rings. The summed E-state index contributed by atoms with van der Waals surface area (Å²) in [5.41, 5.74) is 0. The molecule has 0 aromatic carbocycles. The zero-order valence-corrected chi connectivity index (χ0v) is 7.80. The summed E-state index contributed by atoms with van der Waals surface area (Å²) in [7, 11) is 0. The lowest BCUT2D eigenvalue weighted by Gasteiger charge is -2.24. The smallest absolute Gasteiger partial charge is 0.315 e. The molecule has 0 aliphatic heterocycles. The van der Waals surface area contributed by atoms with Crippen LogP contribution in [0.4, 0.5) is 0 Å². The minimum Gasteiger partial charge on any atom is -0.462 e. The number of carbonyl (C=O) groups is 1. The molecule has 0 unspecified atom stereocenters. The molecule has 0 atom stereocenters. The molecule has 12 heavy (non-hydrogen) atoms. The third kappa shape index (κ3) is 3.03. The average molecular weight is 190 g/mol. The Morgan fingerprint density at radius 2 is 2.00 bits per heavy atom. The van der Waals surface area contributed by atoms with Gasteiger partial charge in [-0.3, -0.25) is 4.79 Å². The normalized spacial score (nSPS) is 29.8. The molecule has 3 nitrogen and oxygen atoms in total. The summed E-state index contributed by atoms with van der Waals surface area (Å²) in [6, 6.07) is 0. The fourth-order valence-corrected chi connectivity index (χ4v) is 1.46. The standard InChI is InChI=1S/C8H14O3S/c9-6-1-3-7(4-2-6)11-8(10)5-12/h6-7,9,12H,1-5H2. The van der Waals surface area contributed by atoms with Crippen molar-refractivity contribution in [3.05, 3.63) is 0 Å². The van der Waals surface area contributed by atoms with Gasteiger partial charge in [0.1, 0.15) is 6.10 Å². The van der Waals surface area contributed by atoms with E-state index in [4.69, 9.17) is 9.84 Å². The highest BCUT2D eigenvalue weighted by atomic mass is 32.1. The minimum atomic E-state index is -0.264. The summed E-state index contributed by atoms with van der Waals surface area (Å²) in [5, 5.41) is 9.16. The van der Waals surface area contributed by atoms with Gasteiger partial charge in [0.2, 0.25) is 0 Å². The Kier molecular flexibility index (Phi) is 3.88. The second-order valence-corrected chi connectivity index (χ2v) is 3.39. The number of carbonyl (C=O) groups excluding carboxylic acids is 1. The molecule has 0 saturated heterocycles. The monoisotopic (exact) mass is 190 g/mol. The quantitative estimate of drug-likeness (QED) is 0.499. The van der Waals surface area contributed by atoms with Crippen LogP contribution < -0.4 is 0 Å². The van der Waals surface area contributed by atoms with Gasteiger partial charge in [-0.05, 0) is 25.7 Å². The van der Waals surface area contributed by atoms with Crippen molar-refractivity contribution in [2.45, 2.75) is 37.9 Å². The van der Waals surface area contributed by atoms with Crippen LogP contribution >= 0.6 is 12.6 Å².